The SMILES string of the molecule is COC(=O)C(C)O[C](c1ccccc1)=[Ru]([Cl])[Cl].Cc1cc(C)c(N2[C]N(c3c(C)cc(C)cc3C)CC2)c(C)c1. The molecule has 0 saturated carbocycles. The van der Waals surface area contributed by atoms with Crippen LogP contribution in [0.3, 0.4) is 0 Å². The summed E-state index contributed by atoms with van der Waals surface area (Å²) in [7, 11) is 13.2. The number of hydrogen-bond acceptors (Lipinski definition) is 5. The van der Waals surface area contributed by atoms with E-state index in [2.05, 4.69) is 87.0 Å². The Hall–Kier alpha value is -2.24. The smallest absolute Gasteiger partial charge is 0.208 e. The number of rotatable bonds is 6. The first kappa shape index (κ1) is 32.3. The first-order valence-corrected chi connectivity index (χ1v) is 18.4. The maximum absolute atomic E-state index is 11.3. The molecule has 3 aromatic rings. The summed E-state index contributed by atoms with van der Waals surface area (Å²) >= 11 is -2.23. The van der Waals surface area contributed by atoms with Crippen LogP contribution in [0.25, 0.3) is 0 Å². The minimum absolute atomic E-state index is 0.456. The van der Waals surface area contributed by atoms with Crippen LogP contribution >= 0.6 is 19.4 Å². The molecule has 0 aliphatic carbocycles. The van der Waals surface area contributed by atoms with Gasteiger partial charge in [0.1, 0.15) is 0 Å². The van der Waals surface area contributed by atoms with Crippen LogP contribution in [-0.2, 0) is 27.8 Å². The van der Waals surface area contributed by atoms with Gasteiger partial charge in [-0.25, -0.2) is 0 Å². The second-order valence-corrected chi connectivity index (χ2v) is 15.7. The molecule has 1 heterocycles. The summed E-state index contributed by atoms with van der Waals surface area (Å²) in [6.07, 6.45) is -0.719. The van der Waals surface area contributed by atoms with Gasteiger partial charge in [-0.15, -0.1) is 0 Å². The number of anilines is 2. The molecule has 40 heavy (non-hydrogen) atoms. The van der Waals surface area contributed by atoms with Gasteiger partial charge in [-0.3, -0.25) is 0 Å². The zero-order valence-corrected chi connectivity index (χ0v) is 27.7. The van der Waals surface area contributed by atoms with Crippen molar-refractivity contribution >= 4 is 41.0 Å². The van der Waals surface area contributed by atoms with Gasteiger partial charge in [0.2, 0.25) is 6.67 Å². The quantitative estimate of drug-likeness (QED) is 0.201. The molecule has 0 spiro atoms. The van der Waals surface area contributed by atoms with Gasteiger partial charge in [-0.05, 0) is 63.8 Å². The topological polar surface area (TPSA) is 42.0 Å². The van der Waals surface area contributed by atoms with E-state index >= 15 is 0 Å². The summed E-state index contributed by atoms with van der Waals surface area (Å²) in [6.45, 7) is 20.3. The molecule has 0 bridgehead atoms. The van der Waals surface area contributed by atoms with Gasteiger partial charge in [0, 0.05) is 24.5 Å². The molecule has 1 saturated heterocycles. The molecule has 4 rings (SSSR count). The summed E-state index contributed by atoms with van der Waals surface area (Å²) in [4.78, 5) is 15.8. The third-order valence-corrected chi connectivity index (χ3v) is 9.26. The Morgan fingerprint density at radius 1 is 0.825 bits per heavy atom. The van der Waals surface area contributed by atoms with E-state index in [-0.39, 0.29) is 0 Å². The zero-order valence-electron chi connectivity index (χ0n) is 24.4. The summed E-state index contributed by atoms with van der Waals surface area (Å²) in [6, 6.07) is 18.3. The first-order chi connectivity index (χ1) is 18.9. The monoisotopic (exact) mass is 670 g/mol. The molecule has 1 atom stereocenters. The maximum Gasteiger partial charge on any atom is 0.208 e. The molecule has 1 aliphatic rings. The van der Waals surface area contributed by atoms with Crippen LogP contribution < -0.4 is 9.80 Å². The first-order valence-electron chi connectivity index (χ1n) is 13.1. The summed E-state index contributed by atoms with van der Waals surface area (Å²) in [5.74, 6) is -0.456. The molecule has 0 aromatic heterocycles. The Morgan fingerprint density at radius 3 is 1.62 bits per heavy atom. The fourth-order valence-electron chi connectivity index (χ4n) is 5.07. The van der Waals surface area contributed by atoms with E-state index in [0.717, 1.165) is 18.7 Å². The fourth-order valence-corrected chi connectivity index (χ4v) is 7.49. The normalized spacial score (nSPS) is 13.9. The summed E-state index contributed by atoms with van der Waals surface area (Å²) < 4.78 is 10.6. The predicted octanol–water partition coefficient (Wildman–Crippen LogP) is 7.53. The molecule has 216 valence electrons. The number of carbonyl (C=O) groups is 1. The van der Waals surface area contributed by atoms with Crippen molar-refractivity contribution in [1.82, 2.24) is 0 Å². The van der Waals surface area contributed by atoms with Crippen molar-refractivity contribution in [3.63, 3.8) is 0 Å². The zero-order chi connectivity index (χ0) is 29.6. The van der Waals surface area contributed by atoms with Crippen LogP contribution in [0.5, 0.6) is 0 Å². The van der Waals surface area contributed by atoms with E-state index in [0.29, 0.717) is 4.29 Å². The second-order valence-electron chi connectivity index (χ2n) is 9.99. The van der Waals surface area contributed by atoms with E-state index in [1.165, 1.54) is 51.9 Å². The molecular formula is C32H38Cl2N2O3Ru. The van der Waals surface area contributed by atoms with Gasteiger partial charge in [0.05, 0.1) is 0 Å². The third-order valence-electron chi connectivity index (χ3n) is 6.52. The number of halogens is 2. The Labute approximate surface area is 252 Å². The number of nitrogens with zero attached hydrogens (tertiary/aromatic N) is 2. The van der Waals surface area contributed by atoms with Crippen LogP contribution in [0.1, 0.15) is 45.9 Å². The standard InChI is InChI=1S/C21H26N2.C11H12O3.2ClH.Ru/c1-14-9-16(3)20(17(4)10-14)22-7-8-23(13-22)21-18(5)11-15(2)12-19(21)6;1-9(11(12)13-2)14-8-10-6-4-3-5-7-10;;;/h9-12H,7-8H2,1-6H3;3-7,9H,1-2H3;2*1H;/q;;;;+2/p-2. The average Bonchev–Trinajstić information content (AvgIpc) is 3.35. The van der Waals surface area contributed by atoms with Crippen LogP contribution in [0.15, 0.2) is 54.6 Å². The third kappa shape index (κ3) is 8.16. The molecule has 5 nitrogen and oxygen atoms in total. The van der Waals surface area contributed by atoms with Crippen molar-refractivity contribution in [3.8, 4) is 0 Å². The summed E-state index contributed by atoms with van der Waals surface area (Å²) in [5.41, 5.74) is 11.4. The maximum atomic E-state index is 11.3. The minimum atomic E-state index is -2.23. The second kappa shape index (κ2) is 14.6. The molecule has 1 unspecified atom stereocenters. The Balaban J connectivity index is 0.000000232. The molecule has 1 fully saturated rings. The molecular weight excluding hydrogens is 632 g/mol. The largest absolute Gasteiger partial charge is 0.339 e. The van der Waals surface area contributed by atoms with Crippen LogP contribution in [0.4, 0.5) is 11.4 Å². The van der Waals surface area contributed by atoms with Gasteiger partial charge in [0.15, 0.2) is 0 Å². The van der Waals surface area contributed by atoms with Gasteiger partial charge < -0.3 is 9.80 Å². The van der Waals surface area contributed by atoms with Crippen molar-refractivity contribution in [1.29, 1.82) is 0 Å². The van der Waals surface area contributed by atoms with Crippen molar-refractivity contribution < 1.29 is 27.8 Å². The van der Waals surface area contributed by atoms with Gasteiger partial charge in [-0.2, -0.15) is 0 Å². The van der Waals surface area contributed by atoms with Gasteiger partial charge in [-0.1, -0.05) is 35.4 Å². The fraction of sp³-hybridized carbons (Fsp3) is 0.344. The van der Waals surface area contributed by atoms with E-state index in [9.17, 15) is 4.79 Å². The van der Waals surface area contributed by atoms with Crippen molar-refractivity contribution in [2.75, 3.05) is 30.0 Å². The number of esters is 1. The molecule has 0 amide bonds. The number of hydrogen-bond donors (Lipinski definition) is 0. The van der Waals surface area contributed by atoms with Crippen molar-refractivity contribution in [3.05, 3.63) is 100 Å². The van der Waals surface area contributed by atoms with E-state index < -0.39 is 25.6 Å². The summed E-state index contributed by atoms with van der Waals surface area (Å²) in [5, 5.41) is 0. The molecule has 3 aromatic carbocycles. The van der Waals surface area contributed by atoms with E-state index in [4.69, 9.17) is 24.1 Å². The Bertz CT molecular complexity index is 1260. The number of aryl methyl sites for hydroxylation is 6. The van der Waals surface area contributed by atoms with E-state index in [1.54, 1.807) is 6.92 Å². The van der Waals surface area contributed by atoms with E-state index in [1.807, 2.05) is 30.3 Å². The predicted molar refractivity (Wildman–Crippen MR) is 164 cm³/mol. The Morgan fingerprint density at radius 2 is 1.25 bits per heavy atom. The molecule has 2 radical (unpaired) electrons. The Kier molecular flexibility index (Phi) is 11.8. The number of ether oxygens (including phenoxy) is 2. The average molecular weight is 671 g/mol. The van der Waals surface area contributed by atoms with Crippen LogP contribution in [0.2, 0.25) is 0 Å². The van der Waals surface area contributed by atoms with Crippen molar-refractivity contribution in [2.24, 2.45) is 0 Å². The number of methoxy groups -OCH3 is 1. The molecule has 0 N–H and O–H groups in total. The van der Waals surface area contributed by atoms with Crippen molar-refractivity contribution in [2.45, 2.75) is 54.6 Å². The van der Waals surface area contributed by atoms with Gasteiger partial charge in [0.25, 0.3) is 0 Å². The van der Waals surface area contributed by atoms with Gasteiger partial charge >= 0.3 is 113 Å². The van der Waals surface area contributed by atoms with Crippen LogP contribution in [-0.4, -0.2) is 36.6 Å². The minimum Gasteiger partial charge on any atom is -0.339 e. The molecule has 8 heteroatoms. The molecule has 1 aliphatic heterocycles. The number of carbonyl (C=O) groups excluding carboxylic acids is 1. The number of benzene rings is 3. The van der Waals surface area contributed by atoms with Crippen LogP contribution in [0, 0.1) is 48.2 Å².